The Balaban J connectivity index is 1.72. The number of hydrogen-bond acceptors (Lipinski definition) is 6. The highest BCUT2D eigenvalue weighted by atomic mass is 32.2. The predicted octanol–water partition coefficient (Wildman–Crippen LogP) is 4.82. The van der Waals surface area contributed by atoms with Crippen molar-refractivity contribution in [1.82, 2.24) is 4.31 Å². The summed E-state index contributed by atoms with van der Waals surface area (Å²) in [6.45, 7) is 2.71. The second kappa shape index (κ2) is 9.68. The number of benzene rings is 2. The minimum absolute atomic E-state index is 0.0863. The van der Waals surface area contributed by atoms with Gasteiger partial charge in [0.2, 0.25) is 10.0 Å². The van der Waals surface area contributed by atoms with Crippen molar-refractivity contribution in [3.05, 3.63) is 66.1 Å². The van der Waals surface area contributed by atoms with Gasteiger partial charge < -0.3 is 19.2 Å². The third-order valence-electron chi connectivity index (χ3n) is 5.51. The van der Waals surface area contributed by atoms with Crippen LogP contribution in [-0.4, -0.2) is 38.8 Å². The summed E-state index contributed by atoms with van der Waals surface area (Å²) < 4.78 is 44.5. The quantitative estimate of drug-likeness (QED) is 0.532. The molecule has 1 fully saturated rings. The van der Waals surface area contributed by atoms with Crippen LogP contribution in [0, 0.1) is 6.92 Å². The molecule has 0 atom stereocenters. The standard InChI is InChI=1S/C24H26N2O6S/c1-17-12-15-31-23(17)24(27)25-19-16-18(33(28,29)26-13-6-3-7-14-26)10-11-20(19)32-22-9-5-4-8-21(22)30-2/h4-5,8-12,15-16H,3,6-7,13-14H2,1-2H3,(H,25,27). The summed E-state index contributed by atoms with van der Waals surface area (Å²) in [4.78, 5) is 12.9. The number of aryl methyl sites for hydroxylation is 1. The van der Waals surface area contributed by atoms with E-state index in [0.29, 0.717) is 30.2 Å². The second-order valence-electron chi connectivity index (χ2n) is 7.76. The van der Waals surface area contributed by atoms with Gasteiger partial charge in [0.1, 0.15) is 0 Å². The molecule has 8 nitrogen and oxygen atoms in total. The van der Waals surface area contributed by atoms with Gasteiger partial charge in [0.25, 0.3) is 5.91 Å². The Kier molecular flexibility index (Phi) is 6.71. The number of nitrogens with one attached hydrogen (secondary N) is 1. The fourth-order valence-corrected chi connectivity index (χ4v) is 5.26. The van der Waals surface area contributed by atoms with Crippen LogP contribution in [0.15, 0.2) is 64.1 Å². The number of rotatable bonds is 7. The van der Waals surface area contributed by atoms with Gasteiger partial charge in [-0.25, -0.2) is 8.42 Å². The maximum Gasteiger partial charge on any atom is 0.291 e. The summed E-state index contributed by atoms with van der Waals surface area (Å²) in [7, 11) is -2.18. The van der Waals surface area contributed by atoms with Crippen LogP contribution in [0.3, 0.4) is 0 Å². The molecular formula is C24H26N2O6S. The second-order valence-corrected chi connectivity index (χ2v) is 9.70. The molecule has 33 heavy (non-hydrogen) atoms. The van der Waals surface area contributed by atoms with Crippen LogP contribution in [0.25, 0.3) is 0 Å². The molecule has 0 radical (unpaired) electrons. The van der Waals surface area contributed by atoms with E-state index >= 15 is 0 Å². The summed E-state index contributed by atoms with van der Waals surface area (Å²) in [5.74, 6) is 0.838. The molecule has 1 aromatic heterocycles. The van der Waals surface area contributed by atoms with Crippen LogP contribution in [0.4, 0.5) is 5.69 Å². The average Bonchev–Trinajstić information content (AvgIpc) is 3.27. The van der Waals surface area contributed by atoms with Crippen molar-refractivity contribution in [2.45, 2.75) is 31.1 Å². The van der Waals surface area contributed by atoms with E-state index in [2.05, 4.69) is 5.32 Å². The van der Waals surface area contributed by atoms with Crippen molar-refractivity contribution in [2.24, 2.45) is 0 Å². The summed E-state index contributed by atoms with van der Waals surface area (Å²) in [5.41, 5.74) is 0.872. The van der Waals surface area contributed by atoms with Crippen LogP contribution in [0.2, 0.25) is 0 Å². The number of methoxy groups -OCH3 is 1. The van der Waals surface area contributed by atoms with E-state index in [1.165, 1.54) is 35.9 Å². The number of carbonyl (C=O) groups excluding carboxylic acids is 1. The summed E-state index contributed by atoms with van der Waals surface area (Å²) in [6.07, 6.45) is 4.10. The zero-order valence-corrected chi connectivity index (χ0v) is 19.4. The average molecular weight is 471 g/mol. The van der Waals surface area contributed by atoms with Gasteiger partial charge in [0.05, 0.1) is 24.0 Å². The number of carbonyl (C=O) groups is 1. The van der Waals surface area contributed by atoms with E-state index in [4.69, 9.17) is 13.9 Å². The van der Waals surface area contributed by atoms with Gasteiger partial charge in [-0.3, -0.25) is 4.79 Å². The van der Waals surface area contributed by atoms with Gasteiger partial charge in [-0.2, -0.15) is 4.31 Å². The molecular weight excluding hydrogens is 444 g/mol. The number of amides is 1. The van der Waals surface area contributed by atoms with Gasteiger partial charge in [-0.05, 0) is 56.2 Å². The van der Waals surface area contributed by atoms with E-state index in [1.54, 1.807) is 31.2 Å². The van der Waals surface area contributed by atoms with E-state index in [1.807, 2.05) is 6.07 Å². The number of ether oxygens (including phenoxy) is 2. The molecule has 1 aliphatic heterocycles. The molecule has 1 saturated heterocycles. The fourth-order valence-electron chi connectivity index (χ4n) is 3.72. The third-order valence-corrected chi connectivity index (χ3v) is 7.40. The topological polar surface area (TPSA) is 98.1 Å². The highest BCUT2D eigenvalue weighted by molar-refractivity contribution is 7.89. The summed E-state index contributed by atoms with van der Waals surface area (Å²) >= 11 is 0. The summed E-state index contributed by atoms with van der Waals surface area (Å²) in [6, 6.07) is 13.2. The molecule has 174 valence electrons. The highest BCUT2D eigenvalue weighted by Gasteiger charge is 2.27. The number of piperidine rings is 1. The Morgan fingerprint density at radius 3 is 2.39 bits per heavy atom. The van der Waals surface area contributed by atoms with Crippen LogP contribution in [0.5, 0.6) is 17.2 Å². The van der Waals surface area contributed by atoms with Crippen LogP contribution < -0.4 is 14.8 Å². The van der Waals surface area contributed by atoms with Crippen molar-refractivity contribution in [1.29, 1.82) is 0 Å². The molecule has 2 aromatic carbocycles. The van der Waals surface area contributed by atoms with Gasteiger partial charge in [0.15, 0.2) is 23.0 Å². The molecule has 1 N–H and O–H groups in total. The first-order chi connectivity index (χ1) is 15.9. The molecule has 0 bridgehead atoms. The van der Waals surface area contributed by atoms with E-state index in [-0.39, 0.29) is 22.1 Å². The van der Waals surface area contributed by atoms with Crippen molar-refractivity contribution < 1.29 is 27.1 Å². The molecule has 2 heterocycles. The Labute approximate surface area is 193 Å². The zero-order valence-electron chi connectivity index (χ0n) is 18.5. The SMILES string of the molecule is COc1ccccc1Oc1ccc(S(=O)(=O)N2CCCCC2)cc1NC(=O)c1occc1C. The number of sulfonamides is 1. The Morgan fingerprint density at radius 1 is 1.00 bits per heavy atom. The molecule has 9 heteroatoms. The first kappa shape index (κ1) is 22.9. The molecule has 0 aliphatic carbocycles. The Morgan fingerprint density at radius 2 is 1.73 bits per heavy atom. The van der Waals surface area contributed by atoms with Crippen LogP contribution >= 0.6 is 0 Å². The molecule has 4 rings (SSSR count). The molecule has 0 unspecified atom stereocenters. The largest absolute Gasteiger partial charge is 0.493 e. The van der Waals surface area contributed by atoms with Gasteiger partial charge >= 0.3 is 0 Å². The molecule has 0 saturated carbocycles. The fraction of sp³-hybridized carbons (Fsp3) is 0.292. The number of hydrogen-bond donors (Lipinski definition) is 1. The molecule has 1 aliphatic rings. The minimum Gasteiger partial charge on any atom is -0.493 e. The van der Waals surface area contributed by atoms with E-state index < -0.39 is 15.9 Å². The first-order valence-corrected chi connectivity index (χ1v) is 12.1. The number of furan rings is 1. The minimum atomic E-state index is -3.71. The smallest absolute Gasteiger partial charge is 0.291 e. The van der Waals surface area contributed by atoms with Crippen molar-refractivity contribution in [2.75, 3.05) is 25.5 Å². The van der Waals surface area contributed by atoms with E-state index in [9.17, 15) is 13.2 Å². The van der Waals surface area contributed by atoms with Gasteiger partial charge in [-0.1, -0.05) is 18.6 Å². The lowest BCUT2D eigenvalue weighted by molar-refractivity contribution is 0.0995. The first-order valence-electron chi connectivity index (χ1n) is 10.7. The Bertz CT molecular complexity index is 1250. The maximum absolute atomic E-state index is 13.2. The van der Waals surface area contributed by atoms with Crippen molar-refractivity contribution in [3.8, 4) is 17.2 Å². The lowest BCUT2D eigenvalue weighted by atomic mass is 10.2. The zero-order chi connectivity index (χ0) is 23.4. The molecule has 1 amide bonds. The van der Waals surface area contributed by atoms with E-state index in [0.717, 1.165) is 19.3 Å². The number of anilines is 1. The number of para-hydroxylation sites is 2. The predicted molar refractivity (Wildman–Crippen MR) is 124 cm³/mol. The normalized spacial score (nSPS) is 14.6. The van der Waals surface area contributed by atoms with Crippen LogP contribution in [0.1, 0.15) is 35.4 Å². The molecule has 0 spiro atoms. The lowest BCUT2D eigenvalue weighted by Crippen LogP contribution is -2.35. The van der Waals surface area contributed by atoms with Gasteiger partial charge in [0, 0.05) is 18.7 Å². The van der Waals surface area contributed by atoms with Crippen LogP contribution in [-0.2, 0) is 10.0 Å². The monoisotopic (exact) mass is 470 g/mol. The molecule has 3 aromatic rings. The van der Waals surface area contributed by atoms with Crippen molar-refractivity contribution in [3.63, 3.8) is 0 Å². The van der Waals surface area contributed by atoms with Crippen molar-refractivity contribution >= 4 is 21.6 Å². The highest BCUT2D eigenvalue weighted by Crippen LogP contribution is 2.37. The lowest BCUT2D eigenvalue weighted by Gasteiger charge is -2.26. The maximum atomic E-state index is 13.2. The number of nitrogens with zero attached hydrogens (tertiary/aromatic N) is 1. The van der Waals surface area contributed by atoms with Gasteiger partial charge in [-0.15, -0.1) is 0 Å². The Hall–Kier alpha value is -3.30. The summed E-state index contributed by atoms with van der Waals surface area (Å²) in [5, 5.41) is 2.75. The third kappa shape index (κ3) is 4.89.